The number of carboxylic acid groups (broad SMARTS) is 1. The molecule has 112 valence electrons. The Kier molecular flexibility index (Phi) is 5.08. The molecule has 5 nitrogen and oxygen atoms in total. The van der Waals surface area contributed by atoms with Gasteiger partial charge in [0.1, 0.15) is 10.7 Å². The highest BCUT2D eigenvalue weighted by Crippen LogP contribution is 2.26. The van der Waals surface area contributed by atoms with Crippen LogP contribution >= 0.6 is 22.7 Å². The van der Waals surface area contributed by atoms with E-state index in [4.69, 9.17) is 5.11 Å². The van der Waals surface area contributed by atoms with Gasteiger partial charge in [0, 0.05) is 28.9 Å². The van der Waals surface area contributed by atoms with E-state index < -0.39 is 5.97 Å². The molecule has 0 fully saturated rings. The van der Waals surface area contributed by atoms with Gasteiger partial charge in [0.25, 0.3) is 5.91 Å². The van der Waals surface area contributed by atoms with Crippen LogP contribution in [0.3, 0.4) is 0 Å². The number of aliphatic carboxylic acids is 1. The van der Waals surface area contributed by atoms with E-state index in [0.717, 1.165) is 10.6 Å². The summed E-state index contributed by atoms with van der Waals surface area (Å²) in [6.45, 7) is 3.93. The van der Waals surface area contributed by atoms with Gasteiger partial charge >= 0.3 is 5.97 Å². The second-order valence-corrected chi connectivity index (χ2v) is 6.42. The number of carboxylic acids is 1. The number of carbonyl (C=O) groups excluding carboxylic acids is 1. The lowest BCUT2D eigenvalue weighted by molar-refractivity contribution is -0.137. The number of rotatable bonds is 6. The number of hydrogen-bond donors (Lipinski definition) is 1. The molecule has 2 aromatic rings. The van der Waals surface area contributed by atoms with Crippen molar-refractivity contribution in [2.45, 2.75) is 26.3 Å². The van der Waals surface area contributed by atoms with Gasteiger partial charge in [-0.2, -0.15) is 11.3 Å². The van der Waals surface area contributed by atoms with Gasteiger partial charge in [0.15, 0.2) is 0 Å². The summed E-state index contributed by atoms with van der Waals surface area (Å²) >= 11 is 3.00. The molecule has 1 amide bonds. The fraction of sp³-hybridized carbons (Fsp3) is 0.357. The van der Waals surface area contributed by atoms with Gasteiger partial charge in [-0.1, -0.05) is 0 Å². The zero-order valence-electron chi connectivity index (χ0n) is 11.8. The van der Waals surface area contributed by atoms with Crippen LogP contribution in [0.15, 0.2) is 22.2 Å². The number of nitrogens with zero attached hydrogens (tertiary/aromatic N) is 2. The van der Waals surface area contributed by atoms with Gasteiger partial charge < -0.3 is 10.0 Å². The van der Waals surface area contributed by atoms with E-state index in [9.17, 15) is 9.59 Å². The predicted molar refractivity (Wildman–Crippen MR) is 83.9 cm³/mol. The van der Waals surface area contributed by atoms with Crippen molar-refractivity contribution in [3.8, 4) is 10.6 Å². The number of amides is 1. The van der Waals surface area contributed by atoms with Gasteiger partial charge in [0.2, 0.25) is 0 Å². The second kappa shape index (κ2) is 6.82. The molecule has 7 heteroatoms. The first-order valence-corrected chi connectivity index (χ1v) is 8.32. The van der Waals surface area contributed by atoms with Crippen LogP contribution in [0.1, 0.15) is 30.8 Å². The Morgan fingerprint density at radius 3 is 2.71 bits per heavy atom. The van der Waals surface area contributed by atoms with Crippen LogP contribution in [0.4, 0.5) is 0 Å². The van der Waals surface area contributed by atoms with Crippen LogP contribution in [-0.4, -0.2) is 39.5 Å². The topological polar surface area (TPSA) is 70.5 Å². The fourth-order valence-corrected chi connectivity index (χ4v) is 3.35. The summed E-state index contributed by atoms with van der Waals surface area (Å²) < 4.78 is 0. The minimum absolute atomic E-state index is 0.0640. The Morgan fingerprint density at radius 2 is 2.14 bits per heavy atom. The monoisotopic (exact) mass is 324 g/mol. The molecule has 0 spiro atoms. The molecule has 0 aliphatic rings. The summed E-state index contributed by atoms with van der Waals surface area (Å²) in [6, 6.07) is 1.89. The standard InChI is InChI=1S/C14H16N2O3S2/c1-9(2)16(5-3-12(17)18)14(19)11-8-21-13(15-11)10-4-6-20-7-10/h4,6-9H,3,5H2,1-2H3,(H,17,18). The predicted octanol–water partition coefficient (Wildman–Crippen LogP) is 3.20. The van der Waals surface area contributed by atoms with Crippen molar-refractivity contribution in [2.24, 2.45) is 0 Å². The molecule has 0 aromatic carbocycles. The van der Waals surface area contributed by atoms with Crippen LogP contribution in [0.5, 0.6) is 0 Å². The maximum atomic E-state index is 12.5. The third-order valence-electron chi connectivity index (χ3n) is 2.94. The van der Waals surface area contributed by atoms with Gasteiger partial charge in [-0.05, 0) is 25.3 Å². The first-order valence-electron chi connectivity index (χ1n) is 6.50. The molecule has 21 heavy (non-hydrogen) atoms. The second-order valence-electron chi connectivity index (χ2n) is 4.79. The quantitative estimate of drug-likeness (QED) is 0.886. The Balaban J connectivity index is 2.15. The normalized spacial score (nSPS) is 10.8. The van der Waals surface area contributed by atoms with E-state index in [-0.39, 0.29) is 24.9 Å². The van der Waals surface area contributed by atoms with E-state index in [1.54, 1.807) is 21.6 Å². The molecule has 2 heterocycles. The molecule has 1 N–H and O–H groups in total. The van der Waals surface area contributed by atoms with Gasteiger partial charge in [-0.25, -0.2) is 4.98 Å². The molecule has 0 saturated carbocycles. The van der Waals surface area contributed by atoms with E-state index in [0.29, 0.717) is 5.69 Å². The van der Waals surface area contributed by atoms with E-state index in [1.165, 1.54) is 11.3 Å². The first kappa shape index (κ1) is 15.7. The summed E-state index contributed by atoms with van der Waals surface area (Å²) in [5.41, 5.74) is 1.38. The number of thiophene rings is 1. The van der Waals surface area contributed by atoms with Crippen LogP contribution in [0.2, 0.25) is 0 Å². The smallest absolute Gasteiger partial charge is 0.305 e. The summed E-state index contributed by atoms with van der Waals surface area (Å²) in [4.78, 5) is 29.1. The number of aromatic nitrogens is 1. The Labute approximate surface area is 130 Å². The van der Waals surface area contributed by atoms with Gasteiger partial charge in [0.05, 0.1) is 6.42 Å². The molecular formula is C14H16N2O3S2. The van der Waals surface area contributed by atoms with Crippen LogP contribution in [0, 0.1) is 0 Å². The third-order valence-corrected chi connectivity index (χ3v) is 4.52. The first-order chi connectivity index (χ1) is 9.99. The lowest BCUT2D eigenvalue weighted by Crippen LogP contribution is -2.38. The van der Waals surface area contributed by atoms with Crippen molar-refractivity contribution < 1.29 is 14.7 Å². The zero-order chi connectivity index (χ0) is 15.4. The minimum atomic E-state index is -0.911. The van der Waals surface area contributed by atoms with Gasteiger partial charge in [-0.15, -0.1) is 11.3 Å². The van der Waals surface area contributed by atoms with Crippen molar-refractivity contribution in [2.75, 3.05) is 6.54 Å². The molecule has 2 rings (SSSR count). The molecule has 0 aliphatic heterocycles. The maximum Gasteiger partial charge on any atom is 0.305 e. The SMILES string of the molecule is CC(C)N(CCC(=O)O)C(=O)c1csc(-c2ccsc2)n1. The lowest BCUT2D eigenvalue weighted by Gasteiger charge is -2.25. The Bertz CT molecular complexity index is 620. The van der Waals surface area contributed by atoms with Crippen LogP contribution in [0.25, 0.3) is 10.6 Å². The maximum absolute atomic E-state index is 12.5. The molecule has 0 atom stereocenters. The van der Waals surface area contributed by atoms with Crippen molar-refractivity contribution in [3.63, 3.8) is 0 Å². The molecule has 0 aliphatic carbocycles. The average molecular weight is 324 g/mol. The summed E-state index contributed by atoms with van der Waals surface area (Å²) in [5.74, 6) is -1.13. The highest BCUT2D eigenvalue weighted by Gasteiger charge is 2.22. The van der Waals surface area contributed by atoms with E-state index >= 15 is 0 Å². The number of hydrogen-bond acceptors (Lipinski definition) is 5. The van der Waals surface area contributed by atoms with Crippen molar-refractivity contribution in [3.05, 3.63) is 27.9 Å². The van der Waals surface area contributed by atoms with E-state index in [2.05, 4.69) is 4.98 Å². The van der Waals surface area contributed by atoms with E-state index in [1.807, 2.05) is 30.7 Å². The highest BCUT2D eigenvalue weighted by atomic mass is 32.1. The highest BCUT2D eigenvalue weighted by molar-refractivity contribution is 7.14. The van der Waals surface area contributed by atoms with Gasteiger partial charge in [-0.3, -0.25) is 9.59 Å². The Hall–Kier alpha value is -1.73. The molecular weight excluding hydrogens is 308 g/mol. The summed E-state index contributed by atoms with van der Waals surface area (Å²) in [5, 5.41) is 15.3. The van der Waals surface area contributed by atoms with Crippen molar-refractivity contribution >= 4 is 34.6 Å². The summed E-state index contributed by atoms with van der Waals surface area (Å²) in [7, 11) is 0. The van der Waals surface area contributed by atoms with Crippen molar-refractivity contribution in [1.29, 1.82) is 0 Å². The minimum Gasteiger partial charge on any atom is -0.481 e. The molecule has 2 aromatic heterocycles. The third kappa shape index (κ3) is 3.89. The Morgan fingerprint density at radius 1 is 1.38 bits per heavy atom. The molecule has 0 saturated heterocycles. The largest absolute Gasteiger partial charge is 0.481 e. The van der Waals surface area contributed by atoms with Crippen LogP contribution < -0.4 is 0 Å². The lowest BCUT2D eigenvalue weighted by atomic mass is 10.2. The van der Waals surface area contributed by atoms with Crippen LogP contribution in [-0.2, 0) is 4.79 Å². The van der Waals surface area contributed by atoms with Crippen molar-refractivity contribution in [1.82, 2.24) is 9.88 Å². The summed E-state index contributed by atoms with van der Waals surface area (Å²) in [6.07, 6.45) is -0.0640. The zero-order valence-corrected chi connectivity index (χ0v) is 13.4. The number of thiazole rings is 1. The molecule has 0 unspecified atom stereocenters. The average Bonchev–Trinajstić information content (AvgIpc) is 3.09. The fourth-order valence-electron chi connectivity index (χ4n) is 1.85. The number of carbonyl (C=O) groups is 2. The molecule has 0 radical (unpaired) electrons. The molecule has 0 bridgehead atoms.